The lowest BCUT2D eigenvalue weighted by Crippen LogP contribution is -2.69. The lowest BCUT2D eigenvalue weighted by atomic mass is 9.87. The van der Waals surface area contributed by atoms with E-state index < -0.39 is 11.4 Å². The molecular formula is C24H42N2O5. The van der Waals surface area contributed by atoms with Crippen LogP contribution in [0, 0.1) is 5.92 Å². The number of hydrogen-bond donors (Lipinski definition) is 0. The number of rotatable bonds is 7. The molecule has 3 fully saturated rings. The van der Waals surface area contributed by atoms with Crippen LogP contribution in [0.25, 0.3) is 0 Å². The van der Waals surface area contributed by atoms with Gasteiger partial charge in [-0.15, -0.1) is 0 Å². The largest absolute Gasteiger partial charge is 0.466 e. The molecule has 0 radical (unpaired) electrons. The normalized spacial score (nSPS) is 30.2. The fourth-order valence-electron chi connectivity index (χ4n) is 5.28. The highest BCUT2D eigenvalue weighted by Crippen LogP contribution is 2.39. The smallest absolute Gasteiger partial charge is 0.371 e. The summed E-state index contributed by atoms with van der Waals surface area (Å²) in [5.41, 5.74) is -0.587. The molecule has 1 aliphatic carbocycles. The molecule has 3 aliphatic rings. The molecule has 2 atom stereocenters. The Bertz CT molecular complexity index is 620. The Morgan fingerprint density at radius 1 is 0.935 bits per heavy atom. The topological polar surface area (TPSA) is 68.3 Å². The Morgan fingerprint density at radius 2 is 1.58 bits per heavy atom. The van der Waals surface area contributed by atoms with Crippen LogP contribution in [0.2, 0.25) is 0 Å². The Hall–Kier alpha value is -1.18. The van der Waals surface area contributed by atoms with Gasteiger partial charge in [-0.1, -0.05) is 0 Å². The van der Waals surface area contributed by atoms with Crippen LogP contribution in [0.15, 0.2) is 0 Å². The predicted octanol–water partition coefficient (Wildman–Crippen LogP) is 3.70. The molecule has 0 N–H and O–H groups in total. The molecule has 0 aromatic carbocycles. The highest BCUT2D eigenvalue weighted by Gasteiger charge is 2.57. The molecule has 2 saturated heterocycles. The molecule has 0 spiro atoms. The summed E-state index contributed by atoms with van der Waals surface area (Å²) in [6.07, 6.45) is 7.14. The number of carbonyl (C=O) groups excluding carboxylic acids is 2. The van der Waals surface area contributed by atoms with Crippen molar-refractivity contribution < 1.29 is 23.8 Å². The fourth-order valence-corrected chi connectivity index (χ4v) is 5.28. The lowest BCUT2D eigenvalue weighted by Gasteiger charge is -2.49. The first kappa shape index (κ1) is 24.5. The summed E-state index contributed by atoms with van der Waals surface area (Å²) >= 11 is 0. The second-order valence-corrected chi connectivity index (χ2v) is 10.3. The van der Waals surface area contributed by atoms with Gasteiger partial charge >= 0.3 is 11.9 Å². The SMILES string of the molecule is CCOC(=O)C1CCC(OC(C(=O)OC(C)(C)C)(N2CCCC2)N2CCC[C@@H]2C)CC1. The summed E-state index contributed by atoms with van der Waals surface area (Å²) in [7, 11) is 0. The Morgan fingerprint density at radius 3 is 2.10 bits per heavy atom. The standard InChI is InChI=1S/C24H42N2O5/c1-6-29-21(27)19-11-13-20(14-12-19)30-24(25-15-7-8-16-25,22(28)31-23(3,4)5)26-17-9-10-18(26)2/h18-20H,6-17H2,1-5H3/t18-,19?,20?,24?/m0/s1. The molecule has 3 rings (SSSR count). The quantitative estimate of drug-likeness (QED) is 0.561. The molecule has 2 aliphatic heterocycles. The van der Waals surface area contributed by atoms with E-state index in [1.165, 1.54) is 0 Å². The summed E-state index contributed by atoms with van der Waals surface area (Å²) in [5, 5.41) is 0. The van der Waals surface area contributed by atoms with Gasteiger partial charge in [0.25, 0.3) is 5.85 Å². The minimum Gasteiger partial charge on any atom is -0.466 e. The Balaban J connectivity index is 1.84. The molecule has 2 heterocycles. The maximum atomic E-state index is 13.8. The predicted molar refractivity (Wildman–Crippen MR) is 118 cm³/mol. The molecule has 7 nitrogen and oxygen atoms in total. The molecule has 7 heteroatoms. The zero-order valence-electron chi connectivity index (χ0n) is 20.2. The van der Waals surface area contributed by atoms with Gasteiger partial charge in [-0.3, -0.25) is 14.6 Å². The van der Waals surface area contributed by atoms with Gasteiger partial charge < -0.3 is 14.2 Å². The van der Waals surface area contributed by atoms with E-state index in [2.05, 4.69) is 16.7 Å². The van der Waals surface area contributed by atoms with Crippen LogP contribution in [0.5, 0.6) is 0 Å². The third kappa shape index (κ3) is 5.60. The zero-order valence-corrected chi connectivity index (χ0v) is 20.2. The van der Waals surface area contributed by atoms with Crippen molar-refractivity contribution >= 4 is 11.9 Å². The maximum absolute atomic E-state index is 13.8. The summed E-state index contributed by atoms with van der Waals surface area (Å²) in [6, 6.07) is 0.254. The van der Waals surface area contributed by atoms with Crippen LogP contribution in [-0.4, -0.2) is 71.6 Å². The van der Waals surface area contributed by atoms with Crippen molar-refractivity contribution in [1.82, 2.24) is 9.80 Å². The molecule has 178 valence electrons. The summed E-state index contributed by atoms with van der Waals surface area (Å²) in [6.45, 7) is 12.7. The van der Waals surface area contributed by atoms with Crippen molar-refractivity contribution in [2.24, 2.45) is 5.92 Å². The van der Waals surface area contributed by atoms with Gasteiger partial charge in [0.15, 0.2) is 0 Å². The van der Waals surface area contributed by atoms with Crippen molar-refractivity contribution in [1.29, 1.82) is 0 Å². The monoisotopic (exact) mass is 438 g/mol. The molecule has 1 saturated carbocycles. The van der Waals surface area contributed by atoms with Crippen molar-refractivity contribution in [3.8, 4) is 0 Å². The lowest BCUT2D eigenvalue weighted by molar-refractivity contribution is -0.279. The van der Waals surface area contributed by atoms with E-state index >= 15 is 0 Å². The number of carbonyl (C=O) groups is 2. The molecule has 0 bridgehead atoms. The van der Waals surface area contributed by atoms with E-state index in [1.54, 1.807) is 0 Å². The van der Waals surface area contributed by atoms with E-state index in [-0.39, 0.29) is 30.0 Å². The number of nitrogens with zero attached hydrogens (tertiary/aromatic N) is 2. The average Bonchev–Trinajstić information content (AvgIpc) is 3.38. The van der Waals surface area contributed by atoms with Crippen LogP contribution >= 0.6 is 0 Å². The second-order valence-electron chi connectivity index (χ2n) is 10.3. The number of esters is 2. The number of hydrogen-bond acceptors (Lipinski definition) is 7. The summed E-state index contributed by atoms with van der Waals surface area (Å²) in [5.74, 6) is -1.63. The van der Waals surface area contributed by atoms with Gasteiger partial charge in [0.1, 0.15) is 5.60 Å². The first-order valence-corrected chi connectivity index (χ1v) is 12.3. The third-order valence-electron chi connectivity index (χ3n) is 6.77. The van der Waals surface area contributed by atoms with Crippen molar-refractivity contribution in [3.63, 3.8) is 0 Å². The molecule has 1 unspecified atom stereocenters. The summed E-state index contributed by atoms with van der Waals surface area (Å²) < 4.78 is 18.0. The minimum absolute atomic E-state index is 0.0618. The third-order valence-corrected chi connectivity index (χ3v) is 6.77. The summed E-state index contributed by atoms with van der Waals surface area (Å²) in [4.78, 5) is 30.4. The van der Waals surface area contributed by atoms with Crippen molar-refractivity contribution in [3.05, 3.63) is 0 Å². The number of ether oxygens (including phenoxy) is 3. The average molecular weight is 439 g/mol. The van der Waals surface area contributed by atoms with E-state index in [0.717, 1.165) is 71.0 Å². The van der Waals surface area contributed by atoms with Gasteiger partial charge in [-0.25, -0.2) is 4.79 Å². The van der Waals surface area contributed by atoms with Crippen LogP contribution < -0.4 is 0 Å². The fraction of sp³-hybridized carbons (Fsp3) is 0.917. The van der Waals surface area contributed by atoms with Crippen LogP contribution in [0.4, 0.5) is 0 Å². The molecule has 0 aromatic rings. The zero-order chi connectivity index (χ0) is 22.6. The Labute approximate surface area is 187 Å². The molecule has 0 amide bonds. The molecule has 31 heavy (non-hydrogen) atoms. The van der Waals surface area contributed by atoms with Crippen molar-refractivity contribution in [2.45, 2.75) is 110 Å². The number of likely N-dealkylation sites (tertiary alicyclic amines) is 2. The van der Waals surface area contributed by atoms with Gasteiger partial charge in [0.2, 0.25) is 0 Å². The van der Waals surface area contributed by atoms with Crippen LogP contribution in [-0.2, 0) is 23.8 Å². The van der Waals surface area contributed by atoms with Crippen LogP contribution in [0.3, 0.4) is 0 Å². The van der Waals surface area contributed by atoms with E-state index in [1.807, 2.05) is 27.7 Å². The first-order chi connectivity index (χ1) is 14.7. The highest BCUT2D eigenvalue weighted by molar-refractivity contribution is 5.79. The molecular weight excluding hydrogens is 396 g/mol. The molecule has 0 aromatic heterocycles. The van der Waals surface area contributed by atoms with E-state index in [4.69, 9.17) is 14.2 Å². The van der Waals surface area contributed by atoms with Gasteiger partial charge in [0, 0.05) is 25.7 Å². The van der Waals surface area contributed by atoms with Gasteiger partial charge in [-0.2, -0.15) is 0 Å². The van der Waals surface area contributed by atoms with Gasteiger partial charge in [-0.05, 0) is 86.0 Å². The second kappa shape index (κ2) is 10.2. The highest BCUT2D eigenvalue weighted by atomic mass is 16.6. The van der Waals surface area contributed by atoms with Crippen LogP contribution in [0.1, 0.15) is 86.0 Å². The minimum atomic E-state index is -1.18. The van der Waals surface area contributed by atoms with Gasteiger partial charge in [0.05, 0.1) is 18.6 Å². The first-order valence-electron chi connectivity index (χ1n) is 12.3. The Kier molecular flexibility index (Phi) is 8.03. The van der Waals surface area contributed by atoms with E-state index in [9.17, 15) is 9.59 Å². The van der Waals surface area contributed by atoms with E-state index in [0.29, 0.717) is 6.61 Å². The maximum Gasteiger partial charge on any atom is 0.371 e. The van der Waals surface area contributed by atoms with Crippen molar-refractivity contribution in [2.75, 3.05) is 26.2 Å².